The van der Waals surface area contributed by atoms with Crippen LogP contribution >= 0.6 is 15.9 Å². The topological polar surface area (TPSA) is 35.2 Å². The first kappa shape index (κ1) is 15.1. The number of aryl methyl sites for hydroxylation is 3. The molecule has 0 fully saturated rings. The smallest absolute Gasteiger partial charge is 0.138 e. The average molecular weight is 334 g/mol. The van der Waals surface area contributed by atoms with Crippen molar-refractivity contribution >= 4 is 15.9 Å². The van der Waals surface area contributed by atoms with Gasteiger partial charge in [-0.25, -0.2) is 0 Å². The van der Waals surface area contributed by atoms with Crippen LogP contribution in [0.1, 0.15) is 27.8 Å². The van der Waals surface area contributed by atoms with Gasteiger partial charge in [0, 0.05) is 12.1 Å². The predicted molar refractivity (Wildman–Crippen MR) is 87.0 cm³/mol. The maximum atomic E-state index is 6.02. The van der Waals surface area contributed by atoms with Gasteiger partial charge in [0.2, 0.25) is 0 Å². The Labute approximate surface area is 129 Å². The van der Waals surface area contributed by atoms with Gasteiger partial charge in [0.25, 0.3) is 0 Å². The van der Waals surface area contributed by atoms with E-state index < -0.39 is 0 Å². The molecule has 2 aromatic rings. The van der Waals surface area contributed by atoms with Crippen molar-refractivity contribution in [1.82, 2.24) is 0 Å². The van der Waals surface area contributed by atoms with E-state index in [2.05, 4.69) is 48.8 Å². The van der Waals surface area contributed by atoms with Crippen LogP contribution in [0.25, 0.3) is 0 Å². The standard InChI is InChI=1S/C17H20BrNO/c1-11-7-12(2)15(13(3)8-11)10-20-17-14(9-19)5-4-6-16(17)18/h4-8H,9-10,19H2,1-3H3. The van der Waals surface area contributed by atoms with Crippen LogP contribution in [-0.2, 0) is 13.2 Å². The third-order valence-corrected chi connectivity index (χ3v) is 4.09. The first-order valence-corrected chi connectivity index (χ1v) is 7.49. The van der Waals surface area contributed by atoms with Crippen LogP contribution in [0.2, 0.25) is 0 Å². The Kier molecular flexibility index (Phi) is 4.84. The molecule has 0 atom stereocenters. The van der Waals surface area contributed by atoms with E-state index in [1.807, 2.05) is 18.2 Å². The highest BCUT2D eigenvalue weighted by molar-refractivity contribution is 9.10. The van der Waals surface area contributed by atoms with Crippen LogP contribution in [0.5, 0.6) is 5.75 Å². The molecular weight excluding hydrogens is 314 g/mol. The fourth-order valence-electron chi connectivity index (χ4n) is 2.46. The van der Waals surface area contributed by atoms with Crippen molar-refractivity contribution in [3.63, 3.8) is 0 Å². The molecule has 20 heavy (non-hydrogen) atoms. The molecule has 0 saturated heterocycles. The van der Waals surface area contributed by atoms with Crippen LogP contribution in [0.4, 0.5) is 0 Å². The van der Waals surface area contributed by atoms with E-state index in [1.54, 1.807) is 0 Å². The minimum Gasteiger partial charge on any atom is -0.487 e. The van der Waals surface area contributed by atoms with Crippen LogP contribution < -0.4 is 10.5 Å². The molecular formula is C17H20BrNO. The molecule has 0 spiro atoms. The summed E-state index contributed by atoms with van der Waals surface area (Å²) in [7, 11) is 0. The second-order valence-corrected chi connectivity index (χ2v) is 5.95. The lowest BCUT2D eigenvalue weighted by molar-refractivity contribution is 0.299. The molecule has 106 valence electrons. The van der Waals surface area contributed by atoms with Crippen molar-refractivity contribution in [2.24, 2.45) is 5.73 Å². The zero-order chi connectivity index (χ0) is 14.7. The van der Waals surface area contributed by atoms with Gasteiger partial charge in [0.05, 0.1) is 4.47 Å². The highest BCUT2D eigenvalue weighted by Crippen LogP contribution is 2.30. The molecule has 0 radical (unpaired) electrons. The van der Waals surface area contributed by atoms with E-state index in [1.165, 1.54) is 22.3 Å². The summed E-state index contributed by atoms with van der Waals surface area (Å²) in [6, 6.07) is 10.3. The fraction of sp³-hybridized carbons (Fsp3) is 0.294. The number of rotatable bonds is 4. The number of hydrogen-bond acceptors (Lipinski definition) is 2. The molecule has 0 heterocycles. The number of benzene rings is 2. The highest BCUT2D eigenvalue weighted by Gasteiger charge is 2.09. The van der Waals surface area contributed by atoms with Gasteiger partial charge in [-0.1, -0.05) is 29.8 Å². The Morgan fingerprint density at radius 1 is 1.10 bits per heavy atom. The number of ether oxygens (including phenoxy) is 1. The molecule has 2 nitrogen and oxygen atoms in total. The molecule has 3 heteroatoms. The van der Waals surface area contributed by atoms with Gasteiger partial charge in [-0.2, -0.15) is 0 Å². The van der Waals surface area contributed by atoms with Crippen LogP contribution in [0.3, 0.4) is 0 Å². The van der Waals surface area contributed by atoms with Crippen molar-refractivity contribution in [1.29, 1.82) is 0 Å². The van der Waals surface area contributed by atoms with E-state index >= 15 is 0 Å². The Hall–Kier alpha value is -1.32. The molecule has 2 aromatic carbocycles. The van der Waals surface area contributed by atoms with Gasteiger partial charge < -0.3 is 10.5 Å². The van der Waals surface area contributed by atoms with Crippen molar-refractivity contribution in [3.05, 3.63) is 62.6 Å². The largest absolute Gasteiger partial charge is 0.487 e. The highest BCUT2D eigenvalue weighted by atomic mass is 79.9. The zero-order valence-electron chi connectivity index (χ0n) is 12.2. The summed E-state index contributed by atoms with van der Waals surface area (Å²) in [5.41, 5.74) is 11.8. The van der Waals surface area contributed by atoms with E-state index in [9.17, 15) is 0 Å². The first-order valence-electron chi connectivity index (χ1n) is 6.70. The quantitative estimate of drug-likeness (QED) is 0.899. The maximum absolute atomic E-state index is 6.02. The zero-order valence-corrected chi connectivity index (χ0v) is 13.8. The number of para-hydroxylation sites is 1. The third-order valence-electron chi connectivity index (χ3n) is 3.47. The Morgan fingerprint density at radius 2 is 1.75 bits per heavy atom. The summed E-state index contributed by atoms with van der Waals surface area (Å²) in [6.07, 6.45) is 0. The molecule has 0 amide bonds. The molecule has 2 rings (SSSR count). The lowest BCUT2D eigenvalue weighted by atomic mass is 10.0. The van der Waals surface area contributed by atoms with Crippen molar-refractivity contribution in [3.8, 4) is 5.75 Å². The van der Waals surface area contributed by atoms with Crippen LogP contribution in [0.15, 0.2) is 34.8 Å². The van der Waals surface area contributed by atoms with Gasteiger partial charge in [-0.3, -0.25) is 0 Å². The Bertz CT molecular complexity index is 599. The van der Waals surface area contributed by atoms with Gasteiger partial charge in [-0.15, -0.1) is 0 Å². The summed E-state index contributed by atoms with van der Waals surface area (Å²) >= 11 is 3.53. The average Bonchev–Trinajstić information content (AvgIpc) is 2.38. The predicted octanol–water partition coefficient (Wildman–Crippen LogP) is 4.41. The van der Waals surface area contributed by atoms with Crippen LogP contribution in [0, 0.1) is 20.8 Å². The lowest BCUT2D eigenvalue weighted by Crippen LogP contribution is -2.05. The monoisotopic (exact) mass is 333 g/mol. The summed E-state index contributed by atoms with van der Waals surface area (Å²) in [5, 5.41) is 0. The number of halogens is 1. The summed E-state index contributed by atoms with van der Waals surface area (Å²) in [6.45, 7) is 7.41. The normalized spacial score (nSPS) is 10.7. The number of nitrogens with two attached hydrogens (primary N) is 1. The van der Waals surface area contributed by atoms with Gasteiger partial charge >= 0.3 is 0 Å². The van der Waals surface area contributed by atoms with Crippen molar-refractivity contribution < 1.29 is 4.74 Å². The first-order chi connectivity index (χ1) is 9.52. The Morgan fingerprint density at radius 3 is 2.35 bits per heavy atom. The second kappa shape index (κ2) is 6.42. The SMILES string of the molecule is Cc1cc(C)c(COc2c(Br)cccc2CN)c(C)c1. The van der Waals surface area contributed by atoms with Crippen molar-refractivity contribution in [2.45, 2.75) is 33.9 Å². The van der Waals surface area contributed by atoms with Gasteiger partial charge in [-0.05, 0) is 59.5 Å². The van der Waals surface area contributed by atoms with E-state index in [0.717, 1.165) is 15.8 Å². The van der Waals surface area contributed by atoms with E-state index in [-0.39, 0.29) is 0 Å². The molecule has 0 aliphatic carbocycles. The molecule has 2 N–H and O–H groups in total. The molecule has 0 aliphatic rings. The van der Waals surface area contributed by atoms with Crippen LogP contribution in [-0.4, -0.2) is 0 Å². The summed E-state index contributed by atoms with van der Waals surface area (Å²) in [4.78, 5) is 0. The summed E-state index contributed by atoms with van der Waals surface area (Å²) in [5.74, 6) is 0.842. The summed E-state index contributed by atoms with van der Waals surface area (Å²) < 4.78 is 6.97. The van der Waals surface area contributed by atoms with Gasteiger partial charge in [0.1, 0.15) is 12.4 Å². The number of hydrogen-bond donors (Lipinski definition) is 1. The van der Waals surface area contributed by atoms with E-state index in [0.29, 0.717) is 13.2 Å². The molecule has 0 saturated carbocycles. The molecule has 0 aliphatic heterocycles. The minimum atomic E-state index is 0.473. The lowest BCUT2D eigenvalue weighted by Gasteiger charge is -2.15. The fourth-order valence-corrected chi connectivity index (χ4v) is 2.98. The molecule has 0 unspecified atom stereocenters. The van der Waals surface area contributed by atoms with E-state index in [4.69, 9.17) is 10.5 Å². The second-order valence-electron chi connectivity index (χ2n) is 5.10. The van der Waals surface area contributed by atoms with Gasteiger partial charge in [0.15, 0.2) is 0 Å². The Balaban J connectivity index is 2.26. The molecule has 0 aromatic heterocycles. The maximum Gasteiger partial charge on any atom is 0.138 e. The molecule has 0 bridgehead atoms. The third kappa shape index (κ3) is 3.22. The van der Waals surface area contributed by atoms with Crippen molar-refractivity contribution in [2.75, 3.05) is 0 Å². The minimum absolute atomic E-state index is 0.473.